The highest BCUT2D eigenvalue weighted by Gasteiger charge is 2.15. The molecule has 4 nitrogen and oxygen atoms in total. The quantitative estimate of drug-likeness (QED) is 0.645. The van der Waals surface area contributed by atoms with Gasteiger partial charge in [-0.15, -0.1) is 11.3 Å². The lowest BCUT2D eigenvalue weighted by Gasteiger charge is -2.10. The van der Waals surface area contributed by atoms with Gasteiger partial charge in [-0.2, -0.15) is 0 Å². The summed E-state index contributed by atoms with van der Waals surface area (Å²) < 4.78 is 0. The van der Waals surface area contributed by atoms with Crippen LogP contribution in [-0.2, 0) is 4.79 Å². The first-order valence-corrected chi connectivity index (χ1v) is 4.25. The van der Waals surface area contributed by atoms with Gasteiger partial charge in [0.1, 0.15) is 6.04 Å². The van der Waals surface area contributed by atoms with Crippen LogP contribution in [0, 0.1) is 0 Å². The van der Waals surface area contributed by atoms with Crippen LogP contribution in [0.5, 0.6) is 0 Å². The summed E-state index contributed by atoms with van der Waals surface area (Å²) in [6, 6.07) is 2.66. The van der Waals surface area contributed by atoms with Gasteiger partial charge in [0.05, 0.1) is 11.6 Å². The van der Waals surface area contributed by atoms with E-state index in [4.69, 9.17) is 10.2 Å². The number of aliphatic hydroxyl groups excluding tert-OH is 1. The van der Waals surface area contributed by atoms with Crippen LogP contribution < -0.4 is 5.32 Å². The monoisotopic (exact) mass is 187 g/mol. The maximum atomic E-state index is 10.4. The smallest absolute Gasteiger partial charge is 0.328 e. The van der Waals surface area contributed by atoms with Crippen molar-refractivity contribution in [2.45, 2.75) is 6.04 Å². The molecule has 0 aliphatic rings. The first kappa shape index (κ1) is 9.02. The second-order valence-electron chi connectivity index (χ2n) is 2.20. The SMILES string of the molecule is O=C(O)[C@H](CO)Nc1cccs1. The van der Waals surface area contributed by atoms with E-state index in [-0.39, 0.29) is 0 Å². The lowest BCUT2D eigenvalue weighted by atomic mass is 10.3. The number of hydrogen-bond donors (Lipinski definition) is 3. The topological polar surface area (TPSA) is 69.6 Å². The van der Waals surface area contributed by atoms with Gasteiger partial charge in [0.2, 0.25) is 0 Å². The van der Waals surface area contributed by atoms with E-state index < -0.39 is 18.6 Å². The van der Waals surface area contributed by atoms with Crippen LogP contribution in [0.15, 0.2) is 17.5 Å². The average molecular weight is 187 g/mol. The van der Waals surface area contributed by atoms with Crippen LogP contribution in [0.1, 0.15) is 0 Å². The zero-order chi connectivity index (χ0) is 8.97. The molecule has 0 fully saturated rings. The highest BCUT2D eigenvalue weighted by atomic mass is 32.1. The van der Waals surface area contributed by atoms with E-state index in [2.05, 4.69) is 5.32 Å². The molecule has 0 amide bonds. The van der Waals surface area contributed by atoms with Crippen LogP contribution in [0.25, 0.3) is 0 Å². The zero-order valence-electron chi connectivity index (χ0n) is 6.23. The number of anilines is 1. The Balaban J connectivity index is 2.54. The Labute approximate surface area is 73.5 Å². The molecule has 1 atom stereocenters. The Kier molecular flexibility index (Phi) is 3.07. The molecule has 0 bridgehead atoms. The summed E-state index contributed by atoms with van der Waals surface area (Å²) in [4.78, 5) is 10.4. The molecule has 0 radical (unpaired) electrons. The third-order valence-electron chi connectivity index (χ3n) is 1.32. The van der Waals surface area contributed by atoms with Crippen molar-refractivity contribution in [1.82, 2.24) is 0 Å². The fraction of sp³-hybridized carbons (Fsp3) is 0.286. The summed E-state index contributed by atoms with van der Waals surface area (Å²) in [5, 5.41) is 22.5. The number of rotatable bonds is 4. The molecular weight excluding hydrogens is 178 g/mol. The van der Waals surface area contributed by atoms with Crippen molar-refractivity contribution in [2.75, 3.05) is 11.9 Å². The third kappa shape index (κ3) is 2.21. The van der Waals surface area contributed by atoms with Gasteiger partial charge in [-0.05, 0) is 17.5 Å². The highest BCUT2D eigenvalue weighted by molar-refractivity contribution is 7.14. The predicted molar refractivity (Wildman–Crippen MR) is 46.5 cm³/mol. The largest absolute Gasteiger partial charge is 0.480 e. The van der Waals surface area contributed by atoms with Gasteiger partial charge in [0, 0.05) is 0 Å². The normalized spacial score (nSPS) is 12.4. The second kappa shape index (κ2) is 4.08. The molecule has 0 aliphatic carbocycles. The van der Waals surface area contributed by atoms with E-state index in [0.717, 1.165) is 5.00 Å². The van der Waals surface area contributed by atoms with Gasteiger partial charge in [-0.25, -0.2) is 4.79 Å². The summed E-state index contributed by atoms with van der Waals surface area (Å²) in [7, 11) is 0. The van der Waals surface area contributed by atoms with E-state index >= 15 is 0 Å². The van der Waals surface area contributed by atoms with Gasteiger partial charge in [0.15, 0.2) is 0 Å². The lowest BCUT2D eigenvalue weighted by molar-refractivity contribution is -0.138. The van der Waals surface area contributed by atoms with Crippen molar-refractivity contribution in [3.8, 4) is 0 Å². The standard InChI is InChI=1S/C7H9NO3S/c9-4-5(7(10)11)8-6-2-1-3-12-6/h1-3,5,8-9H,4H2,(H,10,11)/t5-/m0/s1. The fourth-order valence-corrected chi connectivity index (χ4v) is 1.39. The summed E-state index contributed by atoms with van der Waals surface area (Å²) in [6.07, 6.45) is 0. The van der Waals surface area contributed by atoms with Crippen molar-refractivity contribution >= 4 is 22.3 Å². The molecule has 1 heterocycles. The third-order valence-corrected chi connectivity index (χ3v) is 2.12. The molecule has 0 saturated heterocycles. The van der Waals surface area contributed by atoms with Crippen LogP contribution in [0.3, 0.4) is 0 Å². The molecule has 1 aromatic rings. The first-order valence-electron chi connectivity index (χ1n) is 3.37. The van der Waals surface area contributed by atoms with Crippen molar-refractivity contribution in [1.29, 1.82) is 0 Å². The van der Waals surface area contributed by atoms with Crippen molar-refractivity contribution in [3.63, 3.8) is 0 Å². The number of carboxylic acids is 1. The van der Waals surface area contributed by atoms with Gasteiger partial charge in [-0.1, -0.05) is 0 Å². The Morgan fingerprint density at radius 2 is 2.50 bits per heavy atom. The molecular formula is C7H9NO3S. The van der Waals surface area contributed by atoms with Crippen molar-refractivity contribution in [2.24, 2.45) is 0 Å². The Hall–Kier alpha value is -1.07. The maximum absolute atomic E-state index is 10.4. The van der Waals surface area contributed by atoms with E-state index in [1.807, 2.05) is 11.4 Å². The first-order chi connectivity index (χ1) is 5.74. The molecule has 0 saturated carbocycles. The molecule has 1 aromatic heterocycles. The van der Waals surface area contributed by atoms with Crippen molar-refractivity contribution in [3.05, 3.63) is 17.5 Å². The number of nitrogens with one attached hydrogen (secondary N) is 1. The number of hydrogen-bond acceptors (Lipinski definition) is 4. The number of carboxylic acid groups (broad SMARTS) is 1. The molecule has 3 N–H and O–H groups in total. The van der Waals surface area contributed by atoms with E-state index in [9.17, 15) is 4.79 Å². The molecule has 5 heteroatoms. The predicted octanol–water partition coefficient (Wildman–Crippen LogP) is 0.605. The number of aliphatic hydroxyl groups is 1. The molecule has 0 unspecified atom stereocenters. The molecule has 12 heavy (non-hydrogen) atoms. The summed E-state index contributed by atoms with van der Waals surface area (Å²) in [5.74, 6) is -1.05. The molecule has 0 aromatic carbocycles. The molecule has 1 rings (SSSR count). The second-order valence-corrected chi connectivity index (χ2v) is 3.14. The number of carbonyl (C=O) groups is 1. The molecule has 0 spiro atoms. The van der Waals surface area contributed by atoms with Crippen LogP contribution in [0.2, 0.25) is 0 Å². The number of thiophene rings is 1. The average Bonchev–Trinajstić information content (AvgIpc) is 2.51. The lowest BCUT2D eigenvalue weighted by Crippen LogP contribution is -2.32. The highest BCUT2D eigenvalue weighted by Crippen LogP contribution is 2.15. The van der Waals surface area contributed by atoms with Crippen LogP contribution in [0.4, 0.5) is 5.00 Å². The van der Waals surface area contributed by atoms with E-state index in [1.165, 1.54) is 11.3 Å². The van der Waals surface area contributed by atoms with Crippen LogP contribution in [-0.4, -0.2) is 28.8 Å². The Morgan fingerprint density at radius 3 is 2.92 bits per heavy atom. The van der Waals surface area contributed by atoms with E-state index in [0.29, 0.717) is 0 Å². The van der Waals surface area contributed by atoms with Gasteiger partial charge in [-0.3, -0.25) is 0 Å². The minimum atomic E-state index is -1.05. The number of aliphatic carboxylic acids is 1. The van der Waals surface area contributed by atoms with Crippen LogP contribution >= 0.6 is 11.3 Å². The van der Waals surface area contributed by atoms with Crippen molar-refractivity contribution < 1.29 is 15.0 Å². The summed E-state index contributed by atoms with van der Waals surface area (Å²) >= 11 is 1.40. The Morgan fingerprint density at radius 1 is 1.75 bits per heavy atom. The van der Waals surface area contributed by atoms with Gasteiger partial charge < -0.3 is 15.5 Å². The summed E-state index contributed by atoms with van der Waals surface area (Å²) in [6.45, 7) is -0.409. The van der Waals surface area contributed by atoms with Gasteiger partial charge in [0.25, 0.3) is 0 Å². The van der Waals surface area contributed by atoms with E-state index in [1.54, 1.807) is 6.07 Å². The summed E-state index contributed by atoms with van der Waals surface area (Å²) in [5.41, 5.74) is 0. The molecule has 0 aliphatic heterocycles. The molecule has 66 valence electrons. The zero-order valence-corrected chi connectivity index (χ0v) is 7.04. The van der Waals surface area contributed by atoms with Gasteiger partial charge >= 0.3 is 5.97 Å². The minimum absolute atomic E-state index is 0.409. The maximum Gasteiger partial charge on any atom is 0.328 e. The Bertz CT molecular complexity index is 247. The fourth-order valence-electron chi connectivity index (χ4n) is 0.718. The minimum Gasteiger partial charge on any atom is -0.480 e.